The highest BCUT2D eigenvalue weighted by Gasteiger charge is 2.30. The topological polar surface area (TPSA) is 55.3 Å². The number of hydrogen-bond donors (Lipinski definition) is 0. The zero-order valence-corrected chi connectivity index (χ0v) is 12.4. The van der Waals surface area contributed by atoms with Crippen LogP contribution in [-0.2, 0) is 4.79 Å². The van der Waals surface area contributed by atoms with Crippen LogP contribution in [0.1, 0.15) is 31.0 Å². The summed E-state index contributed by atoms with van der Waals surface area (Å²) < 4.78 is 5.60. The highest BCUT2D eigenvalue weighted by Crippen LogP contribution is 2.30. The van der Waals surface area contributed by atoms with E-state index in [-0.39, 0.29) is 11.9 Å². The molecule has 1 aromatic heterocycles. The number of para-hydroxylation sites is 1. The summed E-state index contributed by atoms with van der Waals surface area (Å²) in [4.78, 5) is 22.8. The summed E-state index contributed by atoms with van der Waals surface area (Å²) in [6.07, 6.45) is 7.41. The third-order valence-electron chi connectivity index (χ3n) is 3.83. The molecule has 3 rings (SSSR count). The van der Waals surface area contributed by atoms with Crippen LogP contribution in [0.2, 0.25) is 0 Å². The van der Waals surface area contributed by atoms with Crippen LogP contribution in [0.3, 0.4) is 0 Å². The lowest BCUT2D eigenvalue weighted by Crippen LogP contribution is -2.32. The molecule has 5 heteroatoms. The van der Waals surface area contributed by atoms with Gasteiger partial charge in [0.1, 0.15) is 5.75 Å². The molecule has 1 atom stereocenters. The molecule has 0 N–H and O–H groups in total. The van der Waals surface area contributed by atoms with E-state index in [1.165, 1.54) is 0 Å². The molecule has 0 saturated carbocycles. The van der Waals surface area contributed by atoms with Crippen LogP contribution in [0.4, 0.5) is 0 Å². The minimum Gasteiger partial charge on any atom is -0.493 e. The standard InChI is InChI=1S/C17H19N3O2/c21-17(8-12-22-14-5-2-1-3-6-14)20-11-4-7-16(20)15-13-18-9-10-19-15/h1-3,5-6,9-10,13,16H,4,7-8,11-12H2. The summed E-state index contributed by atoms with van der Waals surface area (Å²) in [6.45, 7) is 1.18. The van der Waals surface area contributed by atoms with Gasteiger partial charge < -0.3 is 9.64 Å². The van der Waals surface area contributed by atoms with Gasteiger partial charge in [-0.05, 0) is 25.0 Å². The number of carbonyl (C=O) groups excluding carboxylic acids is 1. The number of benzene rings is 1. The van der Waals surface area contributed by atoms with Gasteiger partial charge in [0, 0.05) is 18.9 Å². The predicted octanol–water partition coefficient (Wildman–Crippen LogP) is 2.61. The molecule has 5 nitrogen and oxygen atoms in total. The predicted molar refractivity (Wildman–Crippen MR) is 82.3 cm³/mol. The number of hydrogen-bond acceptors (Lipinski definition) is 4. The molecule has 22 heavy (non-hydrogen) atoms. The molecule has 1 fully saturated rings. The highest BCUT2D eigenvalue weighted by molar-refractivity contribution is 5.77. The molecule has 0 aliphatic carbocycles. The fraction of sp³-hybridized carbons (Fsp3) is 0.353. The monoisotopic (exact) mass is 297 g/mol. The first-order valence-corrected chi connectivity index (χ1v) is 7.58. The van der Waals surface area contributed by atoms with Crippen molar-refractivity contribution < 1.29 is 9.53 Å². The molecule has 0 radical (unpaired) electrons. The number of likely N-dealkylation sites (tertiary alicyclic amines) is 1. The third kappa shape index (κ3) is 3.42. The summed E-state index contributed by atoms with van der Waals surface area (Å²) in [5.41, 5.74) is 0.873. The van der Waals surface area contributed by atoms with Crippen LogP contribution in [0.15, 0.2) is 48.9 Å². The Labute approximate surface area is 130 Å². The molecule has 1 unspecified atom stereocenters. The number of amides is 1. The summed E-state index contributed by atoms with van der Waals surface area (Å²) in [5, 5.41) is 0. The molecule has 1 saturated heterocycles. The minimum absolute atomic E-state index is 0.0536. The number of aromatic nitrogens is 2. The van der Waals surface area contributed by atoms with Gasteiger partial charge in [0.15, 0.2) is 0 Å². The fourth-order valence-electron chi connectivity index (χ4n) is 2.77. The first kappa shape index (κ1) is 14.5. The zero-order valence-electron chi connectivity index (χ0n) is 12.4. The second kappa shape index (κ2) is 7.02. The second-order valence-electron chi connectivity index (χ2n) is 5.29. The lowest BCUT2D eigenvalue weighted by molar-refractivity contribution is -0.132. The van der Waals surface area contributed by atoms with Gasteiger partial charge >= 0.3 is 0 Å². The molecular formula is C17H19N3O2. The normalized spacial score (nSPS) is 17.5. The fourth-order valence-corrected chi connectivity index (χ4v) is 2.77. The smallest absolute Gasteiger partial charge is 0.226 e. The number of ether oxygens (including phenoxy) is 1. The molecule has 2 heterocycles. The summed E-state index contributed by atoms with van der Waals surface area (Å²) >= 11 is 0. The summed E-state index contributed by atoms with van der Waals surface area (Å²) in [6, 6.07) is 9.61. The van der Waals surface area contributed by atoms with Crippen molar-refractivity contribution in [2.75, 3.05) is 13.2 Å². The van der Waals surface area contributed by atoms with Crippen LogP contribution >= 0.6 is 0 Å². The minimum atomic E-state index is 0.0536. The van der Waals surface area contributed by atoms with Gasteiger partial charge in [0.2, 0.25) is 5.91 Å². The highest BCUT2D eigenvalue weighted by atomic mass is 16.5. The van der Waals surface area contributed by atoms with Crippen molar-refractivity contribution in [2.45, 2.75) is 25.3 Å². The van der Waals surface area contributed by atoms with E-state index in [4.69, 9.17) is 4.74 Å². The van der Waals surface area contributed by atoms with E-state index < -0.39 is 0 Å². The quantitative estimate of drug-likeness (QED) is 0.851. The van der Waals surface area contributed by atoms with Gasteiger partial charge in [-0.1, -0.05) is 18.2 Å². The van der Waals surface area contributed by atoms with E-state index in [9.17, 15) is 4.79 Å². The third-order valence-corrected chi connectivity index (χ3v) is 3.83. The molecule has 1 aromatic carbocycles. The number of carbonyl (C=O) groups is 1. The molecular weight excluding hydrogens is 278 g/mol. The van der Waals surface area contributed by atoms with Crippen LogP contribution in [-0.4, -0.2) is 33.9 Å². The van der Waals surface area contributed by atoms with Crippen molar-refractivity contribution >= 4 is 5.91 Å². The molecule has 0 spiro atoms. The maximum absolute atomic E-state index is 12.4. The van der Waals surface area contributed by atoms with E-state index in [0.717, 1.165) is 30.8 Å². The Morgan fingerprint density at radius 3 is 2.91 bits per heavy atom. The Bertz CT molecular complexity index is 604. The van der Waals surface area contributed by atoms with Gasteiger partial charge in [0.25, 0.3) is 0 Å². The molecule has 1 aliphatic rings. The first-order chi connectivity index (χ1) is 10.8. The van der Waals surface area contributed by atoms with Crippen molar-refractivity contribution in [1.82, 2.24) is 14.9 Å². The molecule has 0 bridgehead atoms. The summed E-state index contributed by atoms with van der Waals surface area (Å²) in [5.74, 6) is 0.909. The number of nitrogens with zero attached hydrogens (tertiary/aromatic N) is 3. The first-order valence-electron chi connectivity index (χ1n) is 7.58. The Morgan fingerprint density at radius 2 is 2.14 bits per heavy atom. The van der Waals surface area contributed by atoms with E-state index >= 15 is 0 Å². The Balaban J connectivity index is 1.55. The van der Waals surface area contributed by atoms with E-state index in [0.29, 0.717) is 13.0 Å². The van der Waals surface area contributed by atoms with Crippen molar-refractivity contribution in [3.8, 4) is 5.75 Å². The molecule has 1 amide bonds. The van der Waals surface area contributed by atoms with Crippen LogP contribution < -0.4 is 4.74 Å². The van der Waals surface area contributed by atoms with Crippen molar-refractivity contribution in [2.24, 2.45) is 0 Å². The Morgan fingerprint density at radius 1 is 1.27 bits per heavy atom. The lowest BCUT2D eigenvalue weighted by Gasteiger charge is -2.24. The Kier molecular flexibility index (Phi) is 4.63. The molecule has 2 aromatic rings. The van der Waals surface area contributed by atoms with Crippen LogP contribution in [0.5, 0.6) is 5.75 Å². The Hall–Kier alpha value is -2.43. The molecule has 1 aliphatic heterocycles. The lowest BCUT2D eigenvalue weighted by atomic mass is 10.1. The molecule has 114 valence electrons. The number of rotatable bonds is 5. The van der Waals surface area contributed by atoms with Gasteiger partial charge in [-0.25, -0.2) is 0 Å². The van der Waals surface area contributed by atoms with E-state index in [1.807, 2.05) is 35.2 Å². The van der Waals surface area contributed by atoms with Gasteiger partial charge in [-0.3, -0.25) is 14.8 Å². The van der Waals surface area contributed by atoms with Crippen molar-refractivity contribution in [3.63, 3.8) is 0 Å². The van der Waals surface area contributed by atoms with Crippen LogP contribution in [0, 0.1) is 0 Å². The maximum atomic E-state index is 12.4. The second-order valence-corrected chi connectivity index (χ2v) is 5.29. The zero-order chi connectivity index (χ0) is 15.2. The maximum Gasteiger partial charge on any atom is 0.226 e. The largest absolute Gasteiger partial charge is 0.493 e. The average molecular weight is 297 g/mol. The SMILES string of the molecule is O=C(CCOc1ccccc1)N1CCCC1c1cnccn1. The van der Waals surface area contributed by atoms with Gasteiger partial charge in [0.05, 0.1) is 31.0 Å². The van der Waals surface area contributed by atoms with Crippen molar-refractivity contribution in [3.05, 3.63) is 54.6 Å². The van der Waals surface area contributed by atoms with E-state index in [1.54, 1.807) is 18.6 Å². The van der Waals surface area contributed by atoms with Crippen LogP contribution in [0.25, 0.3) is 0 Å². The van der Waals surface area contributed by atoms with Gasteiger partial charge in [-0.15, -0.1) is 0 Å². The average Bonchev–Trinajstić information content (AvgIpc) is 3.06. The van der Waals surface area contributed by atoms with E-state index in [2.05, 4.69) is 9.97 Å². The van der Waals surface area contributed by atoms with Gasteiger partial charge in [-0.2, -0.15) is 0 Å². The summed E-state index contributed by atoms with van der Waals surface area (Å²) in [7, 11) is 0. The van der Waals surface area contributed by atoms with Crippen molar-refractivity contribution in [1.29, 1.82) is 0 Å².